The van der Waals surface area contributed by atoms with Crippen LogP contribution in [0.1, 0.15) is 16.2 Å². The van der Waals surface area contributed by atoms with Crippen LogP contribution < -0.4 is 15.5 Å². The number of nitro benzene ring substituents is 1. The quantitative estimate of drug-likeness (QED) is 0.369. The van der Waals surface area contributed by atoms with Crippen LogP contribution in [0.2, 0.25) is 0 Å². The summed E-state index contributed by atoms with van der Waals surface area (Å²) in [5.41, 5.74) is 0.653. The van der Waals surface area contributed by atoms with Crippen LogP contribution in [0.15, 0.2) is 64.1 Å². The topological polar surface area (TPSA) is 140 Å². The summed E-state index contributed by atoms with van der Waals surface area (Å²) in [5, 5.41) is 13.5. The fraction of sp³-hybridized carbons (Fsp3) is 0.292. The molecule has 3 aromatic rings. The minimum Gasteiger partial charge on any atom is -0.491 e. The minimum atomic E-state index is -0.517. The lowest BCUT2D eigenvalue weighted by Crippen LogP contribution is -2.48. The van der Waals surface area contributed by atoms with E-state index in [4.69, 9.17) is 9.15 Å². The average Bonchev–Trinajstić information content (AvgIpc) is 3.41. The Morgan fingerprint density at radius 2 is 1.86 bits per heavy atom. The summed E-state index contributed by atoms with van der Waals surface area (Å²) in [7, 11) is 1.38. The SMILES string of the molecule is COc1cn(CC(=O)Nc2ccc([N+](=O)[O-])cc2)c(CN2CCN(C(=O)c3ccco3)CC2)cc1=O. The Bertz CT molecular complexity index is 1290. The molecule has 3 heterocycles. The second-order valence-electron chi connectivity index (χ2n) is 8.22. The Kier molecular flexibility index (Phi) is 7.44. The smallest absolute Gasteiger partial charge is 0.289 e. The number of non-ortho nitro benzene ring substituents is 1. The standard InChI is InChI=1S/C24H25N5O7/c1-35-22-15-28(16-23(31)25-17-4-6-18(7-5-17)29(33)34)19(13-20(22)30)14-26-8-10-27(11-9-26)24(32)21-3-2-12-36-21/h2-7,12-13,15H,8-11,14,16H2,1H3,(H,25,31). The van der Waals surface area contributed by atoms with Crippen LogP contribution in [0.5, 0.6) is 5.75 Å². The average molecular weight is 495 g/mol. The molecule has 36 heavy (non-hydrogen) atoms. The molecule has 2 aromatic heterocycles. The number of ether oxygens (including phenoxy) is 1. The van der Waals surface area contributed by atoms with Gasteiger partial charge in [-0.3, -0.25) is 29.4 Å². The van der Waals surface area contributed by atoms with Gasteiger partial charge in [0.1, 0.15) is 6.54 Å². The maximum atomic E-state index is 12.7. The lowest BCUT2D eigenvalue weighted by Gasteiger charge is -2.34. The first kappa shape index (κ1) is 24.7. The highest BCUT2D eigenvalue weighted by Gasteiger charge is 2.24. The second kappa shape index (κ2) is 10.9. The highest BCUT2D eigenvalue weighted by atomic mass is 16.6. The molecule has 12 heteroatoms. The number of anilines is 1. The van der Waals surface area contributed by atoms with Gasteiger partial charge in [0.05, 0.1) is 24.5 Å². The van der Waals surface area contributed by atoms with E-state index in [1.807, 2.05) is 0 Å². The van der Waals surface area contributed by atoms with Crippen LogP contribution in [0, 0.1) is 10.1 Å². The number of carbonyl (C=O) groups is 2. The molecule has 0 radical (unpaired) electrons. The maximum absolute atomic E-state index is 12.7. The molecule has 1 saturated heterocycles. The van der Waals surface area contributed by atoms with Gasteiger partial charge in [-0.05, 0) is 24.3 Å². The van der Waals surface area contributed by atoms with Gasteiger partial charge in [-0.1, -0.05) is 0 Å². The van der Waals surface area contributed by atoms with Crippen LogP contribution >= 0.6 is 0 Å². The molecule has 0 spiro atoms. The maximum Gasteiger partial charge on any atom is 0.289 e. The van der Waals surface area contributed by atoms with Gasteiger partial charge < -0.3 is 23.9 Å². The number of nitro groups is 1. The summed E-state index contributed by atoms with van der Waals surface area (Å²) in [5.74, 6) is -0.129. The zero-order valence-corrected chi connectivity index (χ0v) is 19.6. The van der Waals surface area contributed by atoms with Crippen molar-refractivity contribution >= 4 is 23.2 Å². The number of nitrogens with zero attached hydrogens (tertiary/aromatic N) is 4. The number of furan rings is 1. The van der Waals surface area contributed by atoms with Crippen LogP contribution in [0.25, 0.3) is 0 Å². The molecule has 0 saturated carbocycles. The van der Waals surface area contributed by atoms with Gasteiger partial charge in [-0.15, -0.1) is 0 Å². The van der Waals surface area contributed by atoms with Crippen molar-refractivity contribution in [1.29, 1.82) is 0 Å². The molecule has 1 N–H and O–H groups in total. The summed E-state index contributed by atoms with van der Waals surface area (Å²) in [6.07, 6.45) is 2.95. The fourth-order valence-corrected chi connectivity index (χ4v) is 3.95. The Balaban J connectivity index is 1.43. The molecule has 12 nitrogen and oxygen atoms in total. The van der Waals surface area contributed by atoms with Crippen molar-refractivity contribution in [3.63, 3.8) is 0 Å². The Hall–Kier alpha value is -4.45. The van der Waals surface area contributed by atoms with Gasteiger partial charge in [0.2, 0.25) is 11.3 Å². The monoisotopic (exact) mass is 495 g/mol. The van der Waals surface area contributed by atoms with E-state index < -0.39 is 4.92 Å². The number of amides is 2. The predicted octanol–water partition coefficient (Wildman–Crippen LogP) is 1.95. The van der Waals surface area contributed by atoms with E-state index in [2.05, 4.69) is 10.2 Å². The number of carbonyl (C=O) groups excluding carboxylic acids is 2. The van der Waals surface area contributed by atoms with Crippen LogP contribution in [-0.2, 0) is 17.9 Å². The first-order valence-electron chi connectivity index (χ1n) is 11.2. The second-order valence-corrected chi connectivity index (χ2v) is 8.22. The van der Waals surface area contributed by atoms with Gasteiger partial charge in [0, 0.05) is 62.3 Å². The molecule has 0 atom stereocenters. The molecule has 1 aliphatic heterocycles. The van der Waals surface area contributed by atoms with E-state index in [9.17, 15) is 24.5 Å². The lowest BCUT2D eigenvalue weighted by atomic mass is 10.2. The summed E-state index contributed by atoms with van der Waals surface area (Å²) in [6.45, 7) is 2.47. The number of hydrogen-bond acceptors (Lipinski definition) is 8. The first-order chi connectivity index (χ1) is 17.3. The molecule has 4 rings (SSSR count). The fourth-order valence-electron chi connectivity index (χ4n) is 3.95. The van der Waals surface area contributed by atoms with Gasteiger partial charge in [0.25, 0.3) is 11.6 Å². The lowest BCUT2D eigenvalue weighted by molar-refractivity contribution is -0.384. The third-order valence-electron chi connectivity index (χ3n) is 5.86. The zero-order valence-electron chi connectivity index (χ0n) is 19.6. The first-order valence-corrected chi connectivity index (χ1v) is 11.2. The van der Waals surface area contributed by atoms with Gasteiger partial charge in [0.15, 0.2) is 11.5 Å². The molecule has 1 aromatic carbocycles. The highest BCUT2D eigenvalue weighted by molar-refractivity contribution is 5.91. The number of piperazine rings is 1. The number of benzene rings is 1. The molecule has 1 aliphatic rings. The summed E-state index contributed by atoms with van der Waals surface area (Å²) < 4.78 is 12.0. The molecule has 188 valence electrons. The minimum absolute atomic E-state index is 0.0774. The van der Waals surface area contributed by atoms with Crippen molar-refractivity contribution in [2.24, 2.45) is 0 Å². The predicted molar refractivity (Wildman–Crippen MR) is 129 cm³/mol. The van der Waals surface area contributed by atoms with Crippen molar-refractivity contribution in [2.75, 3.05) is 38.6 Å². The van der Waals surface area contributed by atoms with E-state index in [1.54, 1.807) is 21.6 Å². The summed E-state index contributed by atoms with van der Waals surface area (Å²) in [6, 6.07) is 10.3. The Labute approximate surface area is 205 Å². The van der Waals surface area contributed by atoms with Crippen LogP contribution in [-0.4, -0.2) is 64.4 Å². The van der Waals surface area contributed by atoms with E-state index in [0.29, 0.717) is 49.9 Å². The van der Waals surface area contributed by atoms with Gasteiger partial charge >= 0.3 is 0 Å². The summed E-state index contributed by atoms with van der Waals surface area (Å²) >= 11 is 0. The van der Waals surface area contributed by atoms with E-state index in [1.165, 1.54) is 49.9 Å². The number of rotatable bonds is 8. The normalized spacial score (nSPS) is 13.9. The van der Waals surface area contributed by atoms with Crippen molar-refractivity contribution in [1.82, 2.24) is 14.4 Å². The number of hydrogen-bond donors (Lipinski definition) is 1. The van der Waals surface area contributed by atoms with Crippen LogP contribution in [0.3, 0.4) is 0 Å². The molecule has 1 fully saturated rings. The largest absolute Gasteiger partial charge is 0.491 e. The molecular formula is C24H25N5O7. The third kappa shape index (κ3) is 5.78. The Morgan fingerprint density at radius 3 is 2.47 bits per heavy atom. The van der Waals surface area contributed by atoms with E-state index in [-0.39, 0.29) is 35.2 Å². The number of methoxy groups -OCH3 is 1. The number of pyridine rings is 1. The molecule has 0 aliphatic carbocycles. The third-order valence-corrected chi connectivity index (χ3v) is 5.86. The van der Waals surface area contributed by atoms with Crippen molar-refractivity contribution < 1.29 is 23.7 Å². The van der Waals surface area contributed by atoms with Crippen molar-refractivity contribution in [3.8, 4) is 5.75 Å². The van der Waals surface area contributed by atoms with E-state index >= 15 is 0 Å². The van der Waals surface area contributed by atoms with Gasteiger partial charge in [-0.25, -0.2) is 0 Å². The number of aromatic nitrogens is 1. The molecule has 0 bridgehead atoms. The molecule has 2 amide bonds. The van der Waals surface area contributed by atoms with Gasteiger partial charge in [-0.2, -0.15) is 0 Å². The van der Waals surface area contributed by atoms with Crippen LogP contribution in [0.4, 0.5) is 11.4 Å². The molecule has 0 unspecified atom stereocenters. The van der Waals surface area contributed by atoms with Crippen molar-refractivity contribution in [2.45, 2.75) is 13.1 Å². The Morgan fingerprint density at radius 1 is 1.14 bits per heavy atom. The number of nitrogens with one attached hydrogen (secondary N) is 1. The zero-order chi connectivity index (χ0) is 25.7. The van der Waals surface area contributed by atoms with Crippen molar-refractivity contribution in [3.05, 3.63) is 86.7 Å². The highest BCUT2D eigenvalue weighted by Crippen LogP contribution is 2.17. The molecular weight excluding hydrogens is 470 g/mol. The summed E-state index contributed by atoms with van der Waals surface area (Å²) in [4.78, 5) is 51.7. The van der Waals surface area contributed by atoms with E-state index in [0.717, 1.165) is 0 Å².